The predicted molar refractivity (Wildman–Crippen MR) is 88.3 cm³/mol. The molecule has 0 aliphatic heterocycles. The van der Waals surface area contributed by atoms with Crippen LogP contribution in [0.1, 0.15) is 53.7 Å². The van der Waals surface area contributed by atoms with E-state index in [2.05, 4.69) is 26.1 Å². The van der Waals surface area contributed by atoms with Gasteiger partial charge in [-0.2, -0.15) is 0 Å². The molecule has 1 N–H and O–H groups in total. The van der Waals surface area contributed by atoms with Crippen molar-refractivity contribution in [2.45, 2.75) is 46.5 Å². The van der Waals surface area contributed by atoms with Crippen molar-refractivity contribution in [2.75, 3.05) is 13.2 Å². The zero-order valence-electron chi connectivity index (χ0n) is 13.6. The first-order valence-electron chi connectivity index (χ1n) is 8.01. The molecular formula is C17H25NO3S. The number of fused-ring (bicyclic) bond motifs is 1. The molecule has 1 aromatic rings. The summed E-state index contributed by atoms with van der Waals surface area (Å²) in [6.45, 7) is 6.87. The first-order chi connectivity index (χ1) is 10.5. The highest BCUT2D eigenvalue weighted by atomic mass is 32.1. The maximum atomic E-state index is 12.0. The van der Waals surface area contributed by atoms with Gasteiger partial charge in [0.05, 0.1) is 0 Å². The monoisotopic (exact) mass is 323 g/mol. The molecule has 1 aliphatic rings. The van der Waals surface area contributed by atoms with Gasteiger partial charge < -0.3 is 10.1 Å². The first-order valence-corrected chi connectivity index (χ1v) is 8.82. The van der Waals surface area contributed by atoms with Crippen LogP contribution in [0, 0.1) is 11.8 Å². The van der Waals surface area contributed by atoms with Crippen LogP contribution in [0.3, 0.4) is 0 Å². The molecule has 0 unspecified atom stereocenters. The molecular weight excluding hydrogens is 298 g/mol. The molecule has 0 bridgehead atoms. The van der Waals surface area contributed by atoms with Gasteiger partial charge in [0.25, 0.3) is 5.91 Å². The normalized spacial score (nSPS) is 17.2. The number of thiophene rings is 1. The summed E-state index contributed by atoms with van der Waals surface area (Å²) in [6.07, 6.45) is 4.19. The zero-order chi connectivity index (χ0) is 16.1. The summed E-state index contributed by atoms with van der Waals surface area (Å²) in [4.78, 5) is 25.6. The Kier molecular flexibility index (Phi) is 6.00. The van der Waals surface area contributed by atoms with E-state index in [9.17, 15) is 9.59 Å². The number of amides is 1. The fourth-order valence-electron chi connectivity index (χ4n) is 2.56. The van der Waals surface area contributed by atoms with Gasteiger partial charge >= 0.3 is 5.97 Å². The SMILES string of the molecule is CC(C)CCNC(=O)COC(=O)c1cc2c(s1)CC[C@@H](C)C2. The molecule has 1 aromatic heterocycles. The number of carbonyl (C=O) groups is 2. The third kappa shape index (κ3) is 4.83. The van der Waals surface area contributed by atoms with E-state index >= 15 is 0 Å². The highest BCUT2D eigenvalue weighted by molar-refractivity contribution is 7.14. The lowest BCUT2D eigenvalue weighted by Crippen LogP contribution is -2.30. The molecule has 0 saturated heterocycles. The summed E-state index contributed by atoms with van der Waals surface area (Å²) in [5.74, 6) is 0.607. The molecule has 0 aromatic carbocycles. The van der Waals surface area contributed by atoms with Crippen LogP contribution in [0.5, 0.6) is 0 Å². The summed E-state index contributed by atoms with van der Waals surface area (Å²) >= 11 is 1.51. The van der Waals surface area contributed by atoms with E-state index in [0.29, 0.717) is 23.3 Å². The highest BCUT2D eigenvalue weighted by Gasteiger charge is 2.21. The van der Waals surface area contributed by atoms with Crippen molar-refractivity contribution in [1.29, 1.82) is 0 Å². The van der Waals surface area contributed by atoms with Gasteiger partial charge in [0.15, 0.2) is 6.61 Å². The molecule has 122 valence electrons. The molecule has 0 spiro atoms. The number of hydrogen-bond donors (Lipinski definition) is 1. The molecule has 1 heterocycles. The lowest BCUT2D eigenvalue weighted by molar-refractivity contribution is -0.124. The standard InChI is InChI=1S/C17H25NO3S/c1-11(2)6-7-18-16(19)10-21-17(20)15-9-13-8-12(3)4-5-14(13)22-15/h9,11-12H,4-8,10H2,1-3H3,(H,18,19)/t12-/m1/s1. The topological polar surface area (TPSA) is 55.4 Å². The number of hydrogen-bond acceptors (Lipinski definition) is 4. The van der Waals surface area contributed by atoms with Crippen LogP contribution in [0.15, 0.2) is 6.07 Å². The predicted octanol–water partition coefficient (Wildman–Crippen LogP) is 3.19. The second-order valence-corrected chi connectivity index (χ2v) is 7.65. The molecule has 1 atom stereocenters. The summed E-state index contributed by atoms with van der Waals surface area (Å²) in [7, 11) is 0. The quantitative estimate of drug-likeness (QED) is 0.818. The number of rotatable bonds is 6. The Morgan fingerprint density at radius 1 is 1.45 bits per heavy atom. The Labute approximate surface area is 136 Å². The van der Waals surface area contributed by atoms with Crippen LogP contribution < -0.4 is 5.32 Å². The Hall–Kier alpha value is -1.36. The van der Waals surface area contributed by atoms with Crippen molar-refractivity contribution in [2.24, 2.45) is 11.8 Å². The van der Waals surface area contributed by atoms with Gasteiger partial charge in [0.1, 0.15) is 4.88 Å². The molecule has 2 rings (SSSR count). The van der Waals surface area contributed by atoms with Crippen molar-refractivity contribution in [3.05, 3.63) is 21.4 Å². The summed E-state index contributed by atoms with van der Waals surface area (Å²) in [6, 6.07) is 1.94. The Balaban J connectivity index is 1.79. The van der Waals surface area contributed by atoms with Gasteiger partial charge in [-0.15, -0.1) is 11.3 Å². The van der Waals surface area contributed by atoms with Crippen LogP contribution in [0.2, 0.25) is 0 Å². The second-order valence-electron chi connectivity index (χ2n) is 6.52. The van der Waals surface area contributed by atoms with E-state index in [0.717, 1.165) is 19.3 Å². The maximum absolute atomic E-state index is 12.0. The fraction of sp³-hybridized carbons (Fsp3) is 0.647. The van der Waals surface area contributed by atoms with E-state index in [1.165, 1.54) is 28.2 Å². The van der Waals surface area contributed by atoms with Gasteiger partial charge in [0.2, 0.25) is 0 Å². The van der Waals surface area contributed by atoms with Gasteiger partial charge in [-0.25, -0.2) is 4.79 Å². The fourth-order valence-corrected chi connectivity index (χ4v) is 3.66. The van der Waals surface area contributed by atoms with E-state index in [1.807, 2.05) is 6.07 Å². The van der Waals surface area contributed by atoms with Crippen LogP contribution in [0.25, 0.3) is 0 Å². The van der Waals surface area contributed by atoms with Crippen molar-refractivity contribution in [3.8, 4) is 0 Å². The van der Waals surface area contributed by atoms with E-state index in [-0.39, 0.29) is 18.5 Å². The lowest BCUT2D eigenvalue weighted by Gasteiger charge is -2.16. The van der Waals surface area contributed by atoms with Gasteiger partial charge in [-0.05, 0) is 49.1 Å². The smallest absolute Gasteiger partial charge is 0.348 e. The van der Waals surface area contributed by atoms with Crippen LogP contribution >= 0.6 is 11.3 Å². The van der Waals surface area contributed by atoms with Gasteiger partial charge in [-0.1, -0.05) is 20.8 Å². The number of carbonyl (C=O) groups excluding carboxylic acids is 2. The minimum absolute atomic E-state index is 0.199. The average molecular weight is 323 g/mol. The van der Waals surface area contributed by atoms with Crippen molar-refractivity contribution < 1.29 is 14.3 Å². The molecule has 4 nitrogen and oxygen atoms in total. The Morgan fingerprint density at radius 2 is 2.23 bits per heavy atom. The highest BCUT2D eigenvalue weighted by Crippen LogP contribution is 2.32. The zero-order valence-corrected chi connectivity index (χ0v) is 14.4. The van der Waals surface area contributed by atoms with Gasteiger partial charge in [-0.3, -0.25) is 4.79 Å². The number of aryl methyl sites for hydroxylation is 1. The average Bonchev–Trinajstić information content (AvgIpc) is 2.87. The van der Waals surface area contributed by atoms with Crippen LogP contribution in [0.4, 0.5) is 0 Å². The molecule has 1 amide bonds. The number of nitrogens with one attached hydrogen (secondary N) is 1. The second kappa shape index (κ2) is 7.77. The molecule has 0 saturated carbocycles. The van der Waals surface area contributed by atoms with Crippen molar-refractivity contribution in [1.82, 2.24) is 5.32 Å². The Morgan fingerprint density at radius 3 is 2.95 bits per heavy atom. The summed E-state index contributed by atoms with van der Waals surface area (Å²) in [5, 5.41) is 2.76. The minimum Gasteiger partial charge on any atom is -0.451 e. The maximum Gasteiger partial charge on any atom is 0.348 e. The third-order valence-electron chi connectivity index (χ3n) is 3.91. The van der Waals surface area contributed by atoms with E-state index in [4.69, 9.17) is 4.74 Å². The van der Waals surface area contributed by atoms with Crippen LogP contribution in [-0.4, -0.2) is 25.0 Å². The first kappa shape index (κ1) is 17.0. The van der Waals surface area contributed by atoms with Crippen molar-refractivity contribution in [3.63, 3.8) is 0 Å². The van der Waals surface area contributed by atoms with Gasteiger partial charge in [0, 0.05) is 11.4 Å². The van der Waals surface area contributed by atoms with Crippen molar-refractivity contribution >= 4 is 23.2 Å². The summed E-state index contributed by atoms with van der Waals surface area (Å²) in [5.41, 5.74) is 1.28. The minimum atomic E-state index is -0.383. The number of ether oxygens (including phenoxy) is 1. The largest absolute Gasteiger partial charge is 0.451 e. The lowest BCUT2D eigenvalue weighted by atomic mass is 9.90. The summed E-state index contributed by atoms with van der Waals surface area (Å²) < 4.78 is 5.11. The van der Waals surface area contributed by atoms with E-state index < -0.39 is 0 Å². The third-order valence-corrected chi connectivity index (χ3v) is 5.13. The van der Waals surface area contributed by atoms with E-state index in [1.54, 1.807) is 0 Å². The Bertz CT molecular complexity index is 536. The molecule has 1 aliphatic carbocycles. The molecule has 0 fully saturated rings. The molecule has 0 radical (unpaired) electrons. The molecule has 22 heavy (non-hydrogen) atoms. The molecule has 5 heteroatoms. The number of esters is 1. The van der Waals surface area contributed by atoms with Crippen LogP contribution in [-0.2, 0) is 22.4 Å².